The highest BCUT2D eigenvalue weighted by atomic mass is 127. The third-order valence-electron chi connectivity index (χ3n) is 7.28. The van der Waals surface area contributed by atoms with Gasteiger partial charge in [0.2, 0.25) is 0 Å². The van der Waals surface area contributed by atoms with Crippen molar-refractivity contribution in [1.29, 1.82) is 0 Å². The first-order valence-electron chi connectivity index (χ1n) is 13.2. The van der Waals surface area contributed by atoms with Gasteiger partial charge in [-0.1, -0.05) is 59.4 Å². The number of para-hydroxylation sites is 1. The zero-order chi connectivity index (χ0) is 25.4. The molecule has 3 heterocycles. The molecular formula is C27H38F3IN4S. The number of piperidine rings is 1. The summed E-state index contributed by atoms with van der Waals surface area (Å²) in [5.41, 5.74) is 0.467. The molecule has 0 saturated carbocycles. The highest BCUT2D eigenvalue weighted by Gasteiger charge is 2.32. The second kappa shape index (κ2) is 13.9. The van der Waals surface area contributed by atoms with Crippen LogP contribution in [-0.2, 0) is 0 Å². The molecule has 1 aromatic rings. The lowest BCUT2D eigenvalue weighted by Crippen LogP contribution is -2.49. The van der Waals surface area contributed by atoms with Crippen LogP contribution in [0, 0.1) is 0 Å². The summed E-state index contributed by atoms with van der Waals surface area (Å²) in [7, 11) is 0. The molecular weight excluding hydrogens is 596 g/mol. The van der Waals surface area contributed by atoms with Crippen molar-refractivity contribution in [3.63, 3.8) is 0 Å². The average molecular weight is 635 g/mol. The molecule has 200 valence electrons. The molecule has 36 heavy (non-hydrogen) atoms. The molecule has 0 spiro atoms. The van der Waals surface area contributed by atoms with E-state index in [2.05, 4.69) is 48.3 Å². The topological polar surface area (TPSA) is 13.0 Å². The maximum Gasteiger partial charge on any atom is 0.416 e. The van der Waals surface area contributed by atoms with Gasteiger partial charge in [-0.05, 0) is 51.0 Å². The van der Waals surface area contributed by atoms with E-state index < -0.39 is 11.7 Å². The van der Waals surface area contributed by atoms with Gasteiger partial charge in [0.25, 0.3) is 0 Å². The van der Waals surface area contributed by atoms with Gasteiger partial charge in [-0.25, -0.2) is 0 Å². The number of hydrogen-bond donors (Lipinski definition) is 0. The van der Waals surface area contributed by atoms with Crippen LogP contribution in [0.3, 0.4) is 0 Å². The standard InChI is InChI=1S/C27H38F3IN4S/c28-27(29,30)23-9-10-26(31)36-25-8-3-2-7-24(25)35(16-11-23)15-6-14-33-18-21-34(22-19-33)20-17-32-12-4-1-5-13-32/h2-3,7-11,26H,1,4-6,12-22H2/b10-9-,23-11+. The molecule has 4 nitrogen and oxygen atoms in total. The van der Waals surface area contributed by atoms with Gasteiger partial charge in [-0.15, -0.1) is 11.8 Å². The number of piperazine rings is 1. The van der Waals surface area contributed by atoms with E-state index in [1.54, 1.807) is 17.8 Å². The van der Waals surface area contributed by atoms with Crippen LogP contribution >= 0.6 is 34.4 Å². The molecule has 0 bridgehead atoms. The number of halogens is 4. The second-order valence-electron chi connectivity index (χ2n) is 9.84. The van der Waals surface area contributed by atoms with Gasteiger partial charge in [0.05, 0.1) is 14.5 Å². The summed E-state index contributed by atoms with van der Waals surface area (Å²) in [6, 6.07) is 8.10. The Bertz CT molecular complexity index is 880. The molecule has 0 aromatic heterocycles. The Morgan fingerprint density at radius 2 is 1.47 bits per heavy atom. The molecule has 2 saturated heterocycles. The van der Waals surface area contributed by atoms with E-state index in [4.69, 9.17) is 0 Å². The van der Waals surface area contributed by atoms with E-state index in [0.29, 0.717) is 0 Å². The van der Waals surface area contributed by atoms with E-state index in [9.17, 15) is 13.2 Å². The number of hydrogen-bond acceptors (Lipinski definition) is 5. The predicted molar refractivity (Wildman–Crippen MR) is 153 cm³/mol. The first kappa shape index (κ1) is 28.3. The van der Waals surface area contributed by atoms with Gasteiger partial charge in [-0.3, -0.25) is 4.90 Å². The van der Waals surface area contributed by atoms with Crippen molar-refractivity contribution in [2.24, 2.45) is 0 Å². The molecule has 2 fully saturated rings. The second-order valence-corrected chi connectivity index (χ2v) is 13.2. The maximum absolute atomic E-state index is 13.6. The van der Waals surface area contributed by atoms with E-state index in [1.165, 1.54) is 51.0 Å². The monoisotopic (exact) mass is 634 g/mol. The Hall–Kier alpha value is -0.750. The van der Waals surface area contributed by atoms with Gasteiger partial charge < -0.3 is 14.7 Å². The van der Waals surface area contributed by atoms with Crippen LogP contribution in [0.15, 0.2) is 53.0 Å². The first-order valence-corrected chi connectivity index (χ1v) is 15.3. The van der Waals surface area contributed by atoms with Gasteiger partial charge >= 0.3 is 6.18 Å². The van der Waals surface area contributed by atoms with Gasteiger partial charge in [0.1, 0.15) is 0 Å². The number of likely N-dealkylation sites (tertiary alicyclic amines) is 1. The van der Waals surface area contributed by atoms with Crippen LogP contribution in [-0.4, -0.2) is 96.1 Å². The molecule has 3 aliphatic rings. The van der Waals surface area contributed by atoms with Gasteiger partial charge in [0, 0.05) is 57.3 Å². The normalized spacial score (nSPS) is 25.7. The number of alkyl halides is 4. The Balaban J connectivity index is 1.30. The van der Waals surface area contributed by atoms with Crippen LogP contribution in [0.2, 0.25) is 0 Å². The predicted octanol–water partition coefficient (Wildman–Crippen LogP) is 5.90. The molecule has 9 heteroatoms. The number of benzene rings is 1. The van der Waals surface area contributed by atoms with Crippen LogP contribution in [0.5, 0.6) is 0 Å². The molecule has 0 amide bonds. The van der Waals surface area contributed by atoms with Crippen molar-refractivity contribution < 1.29 is 13.2 Å². The number of allylic oxidation sites excluding steroid dienone is 2. The van der Waals surface area contributed by atoms with E-state index in [0.717, 1.165) is 62.8 Å². The summed E-state index contributed by atoms with van der Waals surface area (Å²) in [4.78, 5) is 10.9. The Labute approximate surface area is 232 Å². The highest BCUT2D eigenvalue weighted by Crippen LogP contribution is 2.38. The lowest BCUT2D eigenvalue weighted by Gasteiger charge is -2.37. The summed E-state index contributed by atoms with van der Waals surface area (Å²) in [5, 5.41) is 0. The maximum atomic E-state index is 13.6. The zero-order valence-corrected chi connectivity index (χ0v) is 23.9. The van der Waals surface area contributed by atoms with E-state index in [-0.39, 0.29) is 9.80 Å². The van der Waals surface area contributed by atoms with Crippen LogP contribution < -0.4 is 4.90 Å². The first-order chi connectivity index (χ1) is 17.4. The summed E-state index contributed by atoms with van der Waals surface area (Å²) in [5.74, 6) is 0. The molecule has 3 aliphatic heterocycles. The number of nitrogens with zero attached hydrogens (tertiary/aromatic N) is 4. The van der Waals surface area contributed by atoms with Crippen LogP contribution in [0.25, 0.3) is 0 Å². The fraction of sp³-hybridized carbons (Fsp3) is 0.630. The molecule has 0 aliphatic carbocycles. The summed E-state index contributed by atoms with van der Waals surface area (Å²) in [6.07, 6.45) is 4.89. The minimum Gasteiger partial charge on any atom is -0.367 e. The molecule has 0 radical (unpaired) electrons. The number of anilines is 1. The fourth-order valence-electron chi connectivity index (χ4n) is 5.14. The molecule has 4 rings (SSSR count). The van der Waals surface area contributed by atoms with Crippen molar-refractivity contribution >= 4 is 40.0 Å². The lowest BCUT2D eigenvalue weighted by molar-refractivity contribution is -0.0883. The average Bonchev–Trinajstić information content (AvgIpc) is 2.87. The molecule has 1 unspecified atom stereocenters. The SMILES string of the molecule is FC(F)(F)C1=C/CN(CCCN2CCN(CCN3CCCCC3)CC2)c2ccccc2SC(I)/C=C\1. The lowest BCUT2D eigenvalue weighted by atomic mass is 10.1. The van der Waals surface area contributed by atoms with Crippen molar-refractivity contribution in [2.45, 2.75) is 40.0 Å². The van der Waals surface area contributed by atoms with Gasteiger partial charge in [0.15, 0.2) is 0 Å². The highest BCUT2D eigenvalue weighted by molar-refractivity contribution is 14.1. The summed E-state index contributed by atoms with van der Waals surface area (Å²) in [6.45, 7) is 11.2. The minimum atomic E-state index is -4.34. The Kier molecular flexibility index (Phi) is 10.9. The third kappa shape index (κ3) is 8.64. The minimum absolute atomic E-state index is 0.0688. The van der Waals surface area contributed by atoms with E-state index in [1.807, 2.05) is 18.2 Å². The van der Waals surface area contributed by atoms with Crippen molar-refractivity contribution in [3.8, 4) is 0 Å². The van der Waals surface area contributed by atoms with Crippen molar-refractivity contribution in [1.82, 2.24) is 14.7 Å². The molecule has 1 atom stereocenters. The smallest absolute Gasteiger partial charge is 0.367 e. The largest absolute Gasteiger partial charge is 0.416 e. The van der Waals surface area contributed by atoms with Gasteiger partial charge in [-0.2, -0.15) is 13.2 Å². The van der Waals surface area contributed by atoms with Crippen LogP contribution in [0.1, 0.15) is 25.7 Å². The molecule has 0 N–H and O–H groups in total. The third-order valence-corrected chi connectivity index (χ3v) is 9.44. The molecule has 1 aromatic carbocycles. The number of thioether (sulfide) groups is 1. The van der Waals surface area contributed by atoms with E-state index >= 15 is 0 Å². The van der Waals surface area contributed by atoms with Crippen molar-refractivity contribution in [3.05, 3.63) is 48.1 Å². The Morgan fingerprint density at radius 3 is 2.17 bits per heavy atom. The quantitative estimate of drug-likeness (QED) is 0.273. The van der Waals surface area contributed by atoms with Crippen LogP contribution in [0.4, 0.5) is 18.9 Å². The summed E-state index contributed by atoms with van der Waals surface area (Å²) >= 11 is 3.80. The fourth-order valence-corrected chi connectivity index (χ4v) is 7.05. The number of fused-ring (bicyclic) bond motifs is 1. The number of rotatable bonds is 7. The Morgan fingerprint density at radius 1 is 0.833 bits per heavy atom. The summed E-state index contributed by atoms with van der Waals surface area (Å²) < 4.78 is 40.6. The van der Waals surface area contributed by atoms with Crippen molar-refractivity contribution in [2.75, 3.05) is 76.9 Å². The zero-order valence-electron chi connectivity index (χ0n) is 20.9.